The quantitative estimate of drug-likeness (QED) is 0.291. The van der Waals surface area contributed by atoms with E-state index in [1.54, 1.807) is 19.2 Å². The zero-order valence-electron chi connectivity index (χ0n) is 24.9. The second kappa shape index (κ2) is 14.5. The van der Waals surface area contributed by atoms with Crippen LogP contribution in [0.25, 0.3) is 0 Å². The minimum atomic E-state index is -4.07. The molecule has 4 rings (SSSR count). The molecular formula is C31H42N4O7S. The summed E-state index contributed by atoms with van der Waals surface area (Å²) in [5.41, 5.74) is 0.917. The van der Waals surface area contributed by atoms with Crippen molar-refractivity contribution in [1.82, 2.24) is 9.62 Å². The lowest BCUT2D eigenvalue weighted by atomic mass is 9.88. The molecule has 0 radical (unpaired) electrons. The third kappa shape index (κ3) is 8.68. The second-order valence-corrected chi connectivity index (χ2v) is 13.8. The van der Waals surface area contributed by atoms with Gasteiger partial charge in [-0.05, 0) is 48.4 Å². The Bertz CT molecular complexity index is 1370. The summed E-state index contributed by atoms with van der Waals surface area (Å²) in [7, 11) is -2.37. The molecule has 1 amide bonds. The van der Waals surface area contributed by atoms with Gasteiger partial charge in [0, 0.05) is 32.2 Å². The summed E-state index contributed by atoms with van der Waals surface area (Å²) in [5, 5.41) is 26.5. The second-order valence-electron chi connectivity index (χ2n) is 11.9. The number of nitrogens with zero attached hydrogens (tertiary/aromatic N) is 2. The summed E-state index contributed by atoms with van der Waals surface area (Å²) >= 11 is 0. The fourth-order valence-electron chi connectivity index (χ4n) is 5.52. The molecule has 5 atom stereocenters. The fraction of sp³-hybridized carbons (Fsp3) is 0.548. The first-order valence-corrected chi connectivity index (χ1v) is 16.0. The Morgan fingerprint density at radius 1 is 1.21 bits per heavy atom. The first kappa shape index (κ1) is 32.7. The molecule has 2 heterocycles. The third-order valence-electron chi connectivity index (χ3n) is 7.98. The predicted molar refractivity (Wildman–Crippen MR) is 161 cm³/mol. The number of aliphatic hydroxyl groups is 1. The number of benzene rings is 2. The number of hydrogen-bond acceptors (Lipinski definition) is 9. The van der Waals surface area contributed by atoms with E-state index >= 15 is 0 Å². The van der Waals surface area contributed by atoms with Crippen LogP contribution in [0, 0.1) is 22.7 Å². The van der Waals surface area contributed by atoms with Gasteiger partial charge in [-0.3, -0.25) is 0 Å². The van der Waals surface area contributed by atoms with E-state index < -0.39 is 39.8 Å². The first-order chi connectivity index (χ1) is 20.5. The van der Waals surface area contributed by atoms with Gasteiger partial charge in [0.05, 0.1) is 42.2 Å². The molecule has 0 spiro atoms. The smallest absolute Gasteiger partial charge is 0.407 e. The Kier molecular flexibility index (Phi) is 11.0. The van der Waals surface area contributed by atoms with Gasteiger partial charge in [0.25, 0.3) is 0 Å². The molecule has 0 saturated carbocycles. The standard InChI is InChI=1S/C31H42N4O7S/c1-31(2,14-8-15-32)21-35(43(38,39)24-12-7-11-23(18-24)33-3)19-27(36)26(17-22-9-5-4-6-10-22)34-30(37)42-28-20-41-29-25(28)13-16-40-29/h4-7,9-12,18,25-29,33,36H,8,13-14,16-17,19-21H2,1-3H3,(H,34,37)/t25?,26-,27?,28?,29?/m0/s1. The topological polar surface area (TPSA) is 150 Å². The highest BCUT2D eigenvalue weighted by atomic mass is 32.2. The van der Waals surface area contributed by atoms with Crippen LogP contribution in [0.4, 0.5) is 10.5 Å². The molecule has 2 aliphatic rings. The summed E-state index contributed by atoms with van der Waals surface area (Å²) in [4.78, 5) is 13.2. The van der Waals surface area contributed by atoms with Crippen LogP contribution in [-0.2, 0) is 30.7 Å². The van der Waals surface area contributed by atoms with Crippen molar-refractivity contribution in [2.24, 2.45) is 11.3 Å². The Hall–Kier alpha value is -3.21. The van der Waals surface area contributed by atoms with Crippen molar-refractivity contribution in [3.8, 4) is 6.07 Å². The molecule has 3 N–H and O–H groups in total. The van der Waals surface area contributed by atoms with E-state index in [2.05, 4.69) is 16.7 Å². The maximum atomic E-state index is 14.0. The number of sulfonamides is 1. The predicted octanol–water partition coefficient (Wildman–Crippen LogP) is 3.51. The third-order valence-corrected chi connectivity index (χ3v) is 9.79. The number of fused-ring (bicyclic) bond motifs is 1. The van der Waals surface area contributed by atoms with Gasteiger partial charge in [-0.1, -0.05) is 50.2 Å². The molecule has 2 aliphatic heterocycles. The first-order valence-electron chi connectivity index (χ1n) is 14.6. The lowest BCUT2D eigenvalue weighted by Crippen LogP contribution is -2.52. The molecular weight excluding hydrogens is 572 g/mol. The number of rotatable bonds is 14. The minimum absolute atomic E-state index is 0.0482. The average Bonchev–Trinajstić information content (AvgIpc) is 3.61. The number of nitriles is 1. The molecule has 0 aromatic heterocycles. The lowest BCUT2D eigenvalue weighted by Gasteiger charge is -2.35. The number of nitrogens with one attached hydrogen (secondary N) is 2. The van der Waals surface area contributed by atoms with Crippen molar-refractivity contribution in [1.29, 1.82) is 5.26 Å². The Morgan fingerprint density at radius 2 is 1.98 bits per heavy atom. The number of ether oxygens (including phenoxy) is 3. The number of amides is 1. The van der Waals surface area contributed by atoms with Crippen LogP contribution < -0.4 is 10.6 Å². The largest absolute Gasteiger partial charge is 0.443 e. The zero-order chi connectivity index (χ0) is 31.0. The molecule has 2 saturated heterocycles. The number of aliphatic hydroxyl groups excluding tert-OH is 1. The lowest BCUT2D eigenvalue weighted by molar-refractivity contribution is -0.0907. The van der Waals surface area contributed by atoms with E-state index in [0.29, 0.717) is 18.7 Å². The fourth-order valence-corrected chi connectivity index (χ4v) is 7.21. The van der Waals surface area contributed by atoms with Crippen LogP contribution in [0.5, 0.6) is 0 Å². The summed E-state index contributed by atoms with van der Waals surface area (Å²) in [5.74, 6) is -0.0482. The van der Waals surface area contributed by atoms with E-state index in [4.69, 9.17) is 19.5 Å². The highest BCUT2D eigenvalue weighted by Gasteiger charge is 2.44. The van der Waals surface area contributed by atoms with Gasteiger partial charge >= 0.3 is 6.09 Å². The van der Waals surface area contributed by atoms with Crippen LogP contribution in [0.3, 0.4) is 0 Å². The van der Waals surface area contributed by atoms with Gasteiger partial charge in [0.1, 0.15) is 6.10 Å². The van der Waals surface area contributed by atoms with Gasteiger partial charge in [-0.25, -0.2) is 13.2 Å². The Labute approximate surface area is 254 Å². The van der Waals surface area contributed by atoms with Gasteiger partial charge in [0.15, 0.2) is 6.29 Å². The molecule has 43 heavy (non-hydrogen) atoms. The van der Waals surface area contributed by atoms with Crippen molar-refractivity contribution < 1.29 is 32.5 Å². The Balaban J connectivity index is 1.57. The maximum absolute atomic E-state index is 14.0. The summed E-state index contributed by atoms with van der Waals surface area (Å²) < 4.78 is 46.1. The molecule has 11 nitrogen and oxygen atoms in total. The van der Waals surface area contributed by atoms with Gasteiger partial charge < -0.3 is 30.0 Å². The number of carbonyl (C=O) groups is 1. The molecule has 0 bridgehead atoms. The summed E-state index contributed by atoms with van der Waals surface area (Å²) in [6.07, 6.45) is -1.16. The Morgan fingerprint density at radius 3 is 2.70 bits per heavy atom. The summed E-state index contributed by atoms with van der Waals surface area (Å²) in [6.45, 7) is 4.32. The van der Waals surface area contributed by atoms with Gasteiger partial charge in [0.2, 0.25) is 10.0 Å². The van der Waals surface area contributed by atoms with Crippen molar-refractivity contribution >= 4 is 21.8 Å². The van der Waals surface area contributed by atoms with Crippen molar-refractivity contribution in [3.63, 3.8) is 0 Å². The molecule has 2 aromatic carbocycles. The SMILES string of the molecule is CNc1cccc(S(=O)(=O)N(CC(O)[C@H](Cc2ccccc2)NC(=O)OC2COC3OCCC23)CC(C)(C)CCC#N)c1. The molecule has 2 aromatic rings. The van der Waals surface area contributed by atoms with Crippen LogP contribution in [0.2, 0.25) is 0 Å². The molecule has 234 valence electrons. The summed E-state index contributed by atoms with van der Waals surface area (Å²) in [6, 6.07) is 17.1. The van der Waals surface area contributed by atoms with Crippen molar-refractivity contribution in [2.45, 2.75) is 69.0 Å². The molecule has 0 aliphatic carbocycles. The van der Waals surface area contributed by atoms with E-state index in [9.17, 15) is 18.3 Å². The van der Waals surface area contributed by atoms with Crippen molar-refractivity contribution in [3.05, 3.63) is 60.2 Å². The zero-order valence-corrected chi connectivity index (χ0v) is 25.8. The number of anilines is 1. The minimum Gasteiger partial charge on any atom is -0.443 e. The number of hydrogen-bond donors (Lipinski definition) is 3. The van der Waals surface area contributed by atoms with E-state index in [1.165, 1.54) is 16.4 Å². The highest BCUT2D eigenvalue weighted by Crippen LogP contribution is 2.33. The van der Waals surface area contributed by atoms with Crippen LogP contribution in [-0.4, -0.2) is 81.8 Å². The van der Waals surface area contributed by atoms with E-state index in [-0.39, 0.29) is 49.6 Å². The van der Waals surface area contributed by atoms with Crippen LogP contribution >= 0.6 is 0 Å². The molecule has 4 unspecified atom stereocenters. The molecule has 2 fully saturated rings. The number of alkyl carbamates (subject to hydrolysis) is 1. The average molecular weight is 615 g/mol. The van der Waals surface area contributed by atoms with Crippen LogP contribution in [0.15, 0.2) is 59.5 Å². The van der Waals surface area contributed by atoms with Gasteiger partial charge in [-0.2, -0.15) is 9.57 Å². The normalized spacial score (nSPS) is 21.5. The van der Waals surface area contributed by atoms with Crippen molar-refractivity contribution in [2.75, 3.05) is 38.7 Å². The van der Waals surface area contributed by atoms with E-state index in [1.807, 2.05) is 44.2 Å². The maximum Gasteiger partial charge on any atom is 0.407 e. The monoisotopic (exact) mass is 614 g/mol. The van der Waals surface area contributed by atoms with Gasteiger partial charge in [-0.15, -0.1) is 0 Å². The number of carbonyl (C=O) groups excluding carboxylic acids is 1. The molecule has 12 heteroatoms. The highest BCUT2D eigenvalue weighted by molar-refractivity contribution is 7.89. The van der Waals surface area contributed by atoms with E-state index in [0.717, 1.165) is 12.0 Å². The van der Waals surface area contributed by atoms with Crippen LogP contribution in [0.1, 0.15) is 38.7 Å².